The lowest BCUT2D eigenvalue weighted by Crippen LogP contribution is -2.35. The maximum absolute atomic E-state index is 5.80. The Morgan fingerprint density at radius 3 is 2.83 bits per heavy atom. The Hall–Kier alpha value is 0.270. The molecular formula is C9H19NOS. The molecule has 12 heavy (non-hydrogen) atoms. The van der Waals surface area contributed by atoms with E-state index in [0.717, 1.165) is 13.0 Å². The minimum absolute atomic E-state index is 0.329. The molecule has 2 nitrogen and oxygen atoms in total. The standard InChI is InChI=1S/C9H19NOS/c1-8(11-2)6-9(7-10)4-3-5-12-9/h8H,3-7,10H2,1-2H3. The van der Waals surface area contributed by atoms with Gasteiger partial charge in [-0.05, 0) is 31.9 Å². The predicted molar refractivity (Wildman–Crippen MR) is 54.6 cm³/mol. The number of methoxy groups -OCH3 is 1. The molecule has 0 aromatic heterocycles. The van der Waals surface area contributed by atoms with E-state index in [0.29, 0.717) is 10.9 Å². The van der Waals surface area contributed by atoms with E-state index in [1.807, 2.05) is 11.8 Å². The van der Waals surface area contributed by atoms with Crippen molar-refractivity contribution in [1.29, 1.82) is 0 Å². The second kappa shape index (κ2) is 4.49. The van der Waals surface area contributed by atoms with E-state index in [-0.39, 0.29) is 0 Å². The van der Waals surface area contributed by atoms with Crippen LogP contribution in [0.5, 0.6) is 0 Å². The van der Waals surface area contributed by atoms with Crippen LogP contribution in [0.2, 0.25) is 0 Å². The maximum atomic E-state index is 5.80. The van der Waals surface area contributed by atoms with Gasteiger partial charge >= 0.3 is 0 Å². The van der Waals surface area contributed by atoms with Crippen molar-refractivity contribution in [3.8, 4) is 0 Å². The van der Waals surface area contributed by atoms with Crippen LogP contribution in [0.25, 0.3) is 0 Å². The lowest BCUT2D eigenvalue weighted by Gasteiger charge is -2.28. The Kier molecular flexibility index (Phi) is 3.87. The summed E-state index contributed by atoms with van der Waals surface area (Å²) in [4.78, 5) is 0. The third kappa shape index (κ3) is 2.38. The van der Waals surface area contributed by atoms with Gasteiger partial charge in [0.2, 0.25) is 0 Å². The van der Waals surface area contributed by atoms with Gasteiger partial charge < -0.3 is 10.5 Å². The van der Waals surface area contributed by atoms with Gasteiger partial charge in [0, 0.05) is 18.4 Å². The van der Waals surface area contributed by atoms with Gasteiger partial charge in [-0.2, -0.15) is 11.8 Å². The zero-order valence-electron chi connectivity index (χ0n) is 8.01. The number of hydrogen-bond acceptors (Lipinski definition) is 3. The second-order valence-electron chi connectivity index (χ2n) is 3.59. The van der Waals surface area contributed by atoms with Gasteiger partial charge in [0.1, 0.15) is 0 Å². The summed E-state index contributed by atoms with van der Waals surface area (Å²) in [6.45, 7) is 2.92. The highest BCUT2D eigenvalue weighted by atomic mass is 32.2. The van der Waals surface area contributed by atoms with Crippen molar-refractivity contribution in [2.45, 2.75) is 37.0 Å². The minimum atomic E-state index is 0.329. The molecular weight excluding hydrogens is 170 g/mol. The highest BCUT2D eigenvalue weighted by molar-refractivity contribution is 8.00. The molecule has 2 N–H and O–H groups in total. The van der Waals surface area contributed by atoms with Crippen LogP contribution < -0.4 is 5.73 Å². The summed E-state index contributed by atoms with van der Waals surface area (Å²) >= 11 is 2.03. The number of nitrogens with two attached hydrogens (primary N) is 1. The van der Waals surface area contributed by atoms with Crippen LogP contribution in [0.1, 0.15) is 26.2 Å². The molecule has 0 saturated carbocycles. The van der Waals surface area contributed by atoms with Crippen LogP contribution in [0.15, 0.2) is 0 Å². The van der Waals surface area contributed by atoms with E-state index in [4.69, 9.17) is 10.5 Å². The molecule has 72 valence electrons. The van der Waals surface area contributed by atoms with Crippen LogP contribution in [-0.2, 0) is 4.74 Å². The Balaban J connectivity index is 2.43. The van der Waals surface area contributed by atoms with Crippen molar-refractivity contribution in [3.63, 3.8) is 0 Å². The monoisotopic (exact) mass is 189 g/mol. The fourth-order valence-corrected chi connectivity index (χ4v) is 3.25. The smallest absolute Gasteiger partial charge is 0.0557 e. The number of ether oxygens (including phenoxy) is 1. The van der Waals surface area contributed by atoms with Crippen molar-refractivity contribution < 1.29 is 4.74 Å². The second-order valence-corrected chi connectivity index (χ2v) is 5.15. The average Bonchev–Trinajstić information content (AvgIpc) is 2.54. The summed E-state index contributed by atoms with van der Waals surface area (Å²) in [6, 6.07) is 0. The van der Waals surface area contributed by atoms with Crippen molar-refractivity contribution in [1.82, 2.24) is 0 Å². The van der Waals surface area contributed by atoms with E-state index in [9.17, 15) is 0 Å². The summed E-state index contributed by atoms with van der Waals surface area (Å²) in [5.74, 6) is 1.27. The van der Waals surface area contributed by atoms with E-state index < -0.39 is 0 Å². The predicted octanol–water partition coefficient (Wildman–Crippen LogP) is 1.64. The van der Waals surface area contributed by atoms with Gasteiger partial charge in [0.15, 0.2) is 0 Å². The summed E-state index contributed by atoms with van der Waals surface area (Å²) in [6.07, 6.45) is 4.03. The molecule has 2 atom stereocenters. The quantitative estimate of drug-likeness (QED) is 0.730. The molecule has 1 heterocycles. The van der Waals surface area contributed by atoms with Crippen molar-refractivity contribution in [2.24, 2.45) is 5.73 Å². The molecule has 3 heteroatoms. The summed E-state index contributed by atoms with van der Waals surface area (Å²) in [7, 11) is 1.77. The first-order valence-corrected chi connectivity index (χ1v) is 5.58. The fraction of sp³-hybridized carbons (Fsp3) is 1.00. The number of thioether (sulfide) groups is 1. The SMILES string of the molecule is COC(C)CC1(CN)CCCS1. The molecule has 0 bridgehead atoms. The molecule has 0 aromatic rings. The number of hydrogen-bond donors (Lipinski definition) is 1. The zero-order chi connectivity index (χ0) is 9.03. The Morgan fingerprint density at radius 1 is 1.67 bits per heavy atom. The first kappa shape index (κ1) is 10.4. The summed E-state index contributed by atoms with van der Waals surface area (Å²) < 4.78 is 5.60. The Labute approximate surface area is 79.2 Å². The third-order valence-corrected chi connectivity index (χ3v) is 4.26. The molecule has 0 spiro atoms. The highest BCUT2D eigenvalue weighted by Gasteiger charge is 2.34. The van der Waals surface area contributed by atoms with Crippen LogP contribution in [0.4, 0.5) is 0 Å². The van der Waals surface area contributed by atoms with Crippen LogP contribution in [0.3, 0.4) is 0 Å². The van der Waals surface area contributed by atoms with Gasteiger partial charge in [-0.1, -0.05) is 0 Å². The van der Waals surface area contributed by atoms with Crippen LogP contribution in [-0.4, -0.2) is 30.3 Å². The molecule has 1 aliphatic rings. The van der Waals surface area contributed by atoms with E-state index >= 15 is 0 Å². The number of rotatable bonds is 4. The maximum Gasteiger partial charge on any atom is 0.0557 e. The van der Waals surface area contributed by atoms with E-state index in [1.54, 1.807) is 7.11 Å². The van der Waals surface area contributed by atoms with Gasteiger partial charge in [0.25, 0.3) is 0 Å². The first-order chi connectivity index (χ1) is 5.72. The van der Waals surface area contributed by atoms with Crippen LogP contribution >= 0.6 is 11.8 Å². The molecule has 0 amide bonds. The first-order valence-electron chi connectivity index (χ1n) is 4.59. The van der Waals surface area contributed by atoms with Crippen molar-refractivity contribution in [2.75, 3.05) is 19.4 Å². The molecule has 0 aliphatic carbocycles. The van der Waals surface area contributed by atoms with Gasteiger partial charge in [0.05, 0.1) is 6.10 Å². The van der Waals surface area contributed by atoms with Crippen molar-refractivity contribution in [3.05, 3.63) is 0 Å². The van der Waals surface area contributed by atoms with Gasteiger partial charge in [-0.15, -0.1) is 0 Å². The van der Waals surface area contributed by atoms with E-state index in [2.05, 4.69) is 6.92 Å². The molecule has 0 aromatic carbocycles. The average molecular weight is 189 g/mol. The molecule has 1 fully saturated rings. The molecule has 1 aliphatic heterocycles. The normalized spacial score (nSPS) is 32.2. The topological polar surface area (TPSA) is 35.2 Å². The van der Waals surface area contributed by atoms with Gasteiger partial charge in [-0.25, -0.2) is 0 Å². The largest absolute Gasteiger partial charge is 0.382 e. The van der Waals surface area contributed by atoms with E-state index in [1.165, 1.54) is 18.6 Å². The Morgan fingerprint density at radius 2 is 2.42 bits per heavy atom. The molecule has 2 unspecified atom stereocenters. The molecule has 0 radical (unpaired) electrons. The van der Waals surface area contributed by atoms with Crippen molar-refractivity contribution >= 4 is 11.8 Å². The fourth-order valence-electron chi connectivity index (χ4n) is 1.77. The third-order valence-electron chi connectivity index (χ3n) is 2.62. The van der Waals surface area contributed by atoms with Crippen LogP contribution in [0, 0.1) is 0 Å². The summed E-state index contributed by atoms with van der Waals surface area (Å²) in [5.41, 5.74) is 5.80. The molecule has 1 saturated heterocycles. The lowest BCUT2D eigenvalue weighted by molar-refractivity contribution is 0.101. The zero-order valence-corrected chi connectivity index (χ0v) is 8.82. The summed E-state index contributed by atoms with van der Waals surface area (Å²) in [5, 5.41) is 0. The lowest BCUT2D eigenvalue weighted by atomic mass is 9.96. The highest BCUT2D eigenvalue weighted by Crippen LogP contribution is 2.41. The minimum Gasteiger partial charge on any atom is -0.382 e. The molecule has 1 rings (SSSR count). The Bertz CT molecular complexity index is 134. The van der Waals surface area contributed by atoms with Gasteiger partial charge in [-0.3, -0.25) is 0 Å².